The van der Waals surface area contributed by atoms with Crippen LogP contribution in [0.25, 0.3) is 0 Å². The van der Waals surface area contributed by atoms with Crippen LogP contribution in [0.15, 0.2) is 5.38 Å². The maximum Gasteiger partial charge on any atom is 0.410 e. The van der Waals surface area contributed by atoms with E-state index in [1.54, 1.807) is 16.8 Å². The topological polar surface area (TPSA) is 62.7 Å². The molecule has 21 heavy (non-hydrogen) atoms. The van der Waals surface area contributed by atoms with Gasteiger partial charge in [-0.25, -0.2) is 9.78 Å². The predicted octanol–water partition coefficient (Wildman–Crippen LogP) is 1.76. The Morgan fingerprint density at radius 3 is 3.00 bits per heavy atom. The second-order valence-electron chi connectivity index (χ2n) is 5.76. The summed E-state index contributed by atoms with van der Waals surface area (Å²) in [5.41, 5.74) is -0.0118. The lowest BCUT2D eigenvalue weighted by molar-refractivity contribution is 0.0551. The number of aryl methyl sites for hydroxylation is 1. The molecule has 1 spiro atoms. The fraction of sp³-hybridized carbons (Fsp3) is 0.643. The first-order valence-electron chi connectivity index (χ1n) is 7.21. The first-order valence-corrected chi connectivity index (χ1v) is 8.09. The van der Waals surface area contributed by atoms with E-state index in [0.29, 0.717) is 31.7 Å². The Kier molecular flexibility index (Phi) is 3.61. The highest BCUT2D eigenvalue weighted by Gasteiger charge is 2.49. The van der Waals surface area contributed by atoms with E-state index >= 15 is 0 Å². The number of carbonyl (C=O) groups is 2. The Balaban J connectivity index is 1.68. The average Bonchev–Trinajstić information content (AvgIpc) is 3.12. The van der Waals surface area contributed by atoms with Crippen molar-refractivity contribution in [1.82, 2.24) is 14.8 Å². The van der Waals surface area contributed by atoms with Crippen LogP contribution in [0.2, 0.25) is 0 Å². The molecule has 2 aliphatic heterocycles. The van der Waals surface area contributed by atoms with Crippen molar-refractivity contribution in [3.05, 3.63) is 16.1 Å². The molecule has 7 heteroatoms. The van der Waals surface area contributed by atoms with Crippen molar-refractivity contribution in [2.75, 3.05) is 26.7 Å². The number of carbonyl (C=O) groups excluding carboxylic acids is 2. The lowest BCUT2D eigenvalue weighted by Gasteiger charge is -2.21. The number of nitrogens with zero attached hydrogens (tertiary/aromatic N) is 3. The molecular weight excluding hydrogens is 290 g/mol. The van der Waals surface area contributed by atoms with Gasteiger partial charge in [0.15, 0.2) is 5.60 Å². The lowest BCUT2D eigenvalue weighted by Crippen LogP contribution is -2.39. The normalized spacial score (nSPS) is 25.0. The summed E-state index contributed by atoms with van der Waals surface area (Å²) < 4.78 is 5.46. The van der Waals surface area contributed by atoms with Crippen LogP contribution in [0.5, 0.6) is 0 Å². The minimum atomic E-state index is -0.524. The molecule has 2 saturated heterocycles. The quantitative estimate of drug-likeness (QED) is 0.853. The van der Waals surface area contributed by atoms with Crippen LogP contribution in [0.3, 0.4) is 0 Å². The molecule has 1 aromatic rings. The van der Waals surface area contributed by atoms with E-state index in [1.807, 2.05) is 5.38 Å². The lowest BCUT2D eigenvalue weighted by atomic mass is 10.0. The summed E-state index contributed by atoms with van der Waals surface area (Å²) >= 11 is 1.53. The van der Waals surface area contributed by atoms with Crippen LogP contribution in [0, 0.1) is 0 Å². The summed E-state index contributed by atoms with van der Waals surface area (Å²) in [7, 11) is 1.72. The van der Waals surface area contributed by atoms with E-state index in [0.717, 1.165) is 17.8 Å². The zero-order valence-electron chi connectivity index (χ0n) is 12.3. The number of amides is 2. The van der Waals surface area contributed by atoms with E-state index in [1.165, 1.54) is 11.3 Å². The van der Waals surface area contributed by atoms with Crippen LogP contribution in [0.1, 0.15) is 35.3 Å². The zero-order valence-corrected chi connectivity index (χ0v) is 13.1. The second kappa shape index (κ2) is 5.29. The van der Waals surface area contributed by atoms with Gasteiger partial charge in [0.2, 0.25) is 0 Å². The summed E-state index contributed by atoms with van der Waals surface area (Å²) in [5.74, 6) is -0.0592. The molecule has 0 N–H and O–H groups in total. The highest BCUT2D eigenvalue weighted by Crippen LogP contribution is 2.32. The maximum atomic E-state index is 12.5. The van der Waals surface area contributed by atoms with Crippen molar-refractivity contribution in [3.8, 4) is 0 Å². The van der Waals surface area contributed by atoms with E-state index < -0.39 is 5.60 Å². The van der Waals surface area contributed by atoms with Gasteiger partial charge < -0.3 is 14.5 Å². The Bertz CT molecular complexity index is 574. The summed E-state index contributed by atoms with van der Waals surface area (Å²) in [6, 6.07) is 0. The SMILES string of the molecule is CCCc1nc(C(=O)N2CC[C@]3(CN(C)C(=O)O3)C2)cs1. The molecule has 2 fully saturated rings. The van der Waals surface area contributed by atoms with Crippen molar-refractivity contribution in [1.29, 1.82) is 0 Å². The standard InChI is InChI=1S/C14H19N3O3S/c1-3-4-11-15-10(7-21-11)12(18)17-6-5-14(9-17)8-16(2)13(19)20-14/h7H,3-6,8-9H2,1-2H3/t14-/m0/s1. The maximum absolute atomic E-state index is 12.5. The number of aromatic nitrogens is 1. The minimum absolute atomic E-state index is 0.0592. The Morgan fingerprint density at radius 2 is 2.33 bits per heavy atom. The largest absolute Gasteiger partial charge is 0.439 e. The first kappa shape index (κ1) is 14.3. The monoisotopic (exact) mass is 309 g/mol. The minimum Gasteiger partial charge on any atom is -0.439 e. The molecule has 1 aromatic heterocycles. The van der Waals surface area contributed by atoms with Gasteiger partial charge in [-0.2, -0.15) is 0 Å². The fourth-order valence-electron chi connectivity index (χ4n) is 2.92. The zero-order chi connectivity index (χ0) is 15.0. The Labute approximate surface area is 127 Å². The third-order valence-electron chi connectivity index (χ3n) is 3.98. The summed E-state index contributed by atoms with van der Waals surface area (Å²) in [6.07, 6.45) is 2.32. The molecule has 0 unspecified atom stereocenters. The molecule has 3 heterocycles. The van der Waals surface area contributed by atoms with Gasteiger partial charge in [-0.05, 0) is 12.8 Å². The predicted molar refractivity (Wildman–Crippen MR) is 78.5 cm³/mol. The van der Waals surface area contributed by atoms with Gasteiger partial charge >= 0.3 is 6.09 Å². The molecule has 0 bridgehead atoms. The molecule has 114 valence electrons. The first-order chi connectivity index (χ1) is 10.0. The van der Waals surface area contributed by atoms with E-state index in [9.17, 15) is 9.59 Å². The molecule has 0 saturated carbocycles. The van der Waals surface area contributed by atoms with E-state index in [-0.39, 0.29) is 12.0 Å². The summed E-state index contributed by atoms with van der Waals surface area (Å²) in [4.78, 5) is 31.7. The number of likely N-dealkylation sites (tertiary alicyclic amines) is 1. The number of hydrogen-bond acceptors (Lipinski definition) is 5. The third kappa shape index (κ3) is 2.62. The van der Waals surface area contributed by atoms with E-state index in [2.05, 4.69) is 11.9 Å². The molecule has 1 atom stereocenters. The number of thiazole rings is 1. The third-order valence-corrected chi connectivity index (χ3v) is 4.89. The molecule has 0 radical (unpaired) electrons. The molecular formula is C14H19N3O3S. The van der Waals surface area contributed by atoms with Crippen molar-refractivity contribution >= 4 is 23.3 Å². The van der Waals surface area contributed by atoms with Crippen LogP contribution in [-0.4, -0.2) is 59.1 Å². The van der Waals surface area contributed by atoms with Gasteiger partial charge in [-0.1, -0.05) is 6.92 Å². The second-order valence-corrected chi connectivity index (χ2v) is 6.70. The van der Waals surface area contributed by atoms with Gasteiger partial charge in [-0.3, -0.25) is 4.79 Å². The van der Waals surface area contributed by atoms with Crippen LogP contribution < -0.4 is 0 Å². The smallest absolute Gasteiger partial charge is 0.410 e. The average molecular weight is 309 g/mol. The van der Waals surface area contributed by atoms with Gasteiger partial charge in [0.25, 0.3) is 5.91 Å². The molecule has 2 aliphatic rings. The van der Waals surface area contributed by atoms with Crippen molar-refractivity contribution in [2.45, 2.75) is 31.8 Å². The van der Waals surface area contributed by atoms with Gasteiger partial charge in [0.1, 0.15) is 5.69 Å². The van der Waals surface area contributed by atoms with Crippen molar-refractivity contribution < 1.29 is 14.3 Å². The highest BCUT2D eigenvalue weighted by molar-refractivity contribution is 7.09. The van der Waals surface area contributed by atoms with Crippen molar-refractivity contribution in [2.24, 2.45) is 0 Å². The molecule has 0 aliphatic carbocycles. The Hall–Kier alpha value is -1.63. The molecule has 0 aromatic carbocycles. The van der Waals surface area contributed by atoms with Crippen molar-refractivity contribution in [3.63, 3.8) is 0 Å². The Morgan fingerprint density at radius 1 is 1.52 bits per heavy atom. The summed E-state index contributed by atoms with van der Waals surface area (Å²) in [6.45, 7) is 3.72. The van der Waals surface area contributed by atoms with Gasteiger partial charge in [0.05, 0.1) is 18.1 Å². The fourth-order valence-corrected chi connectivity index (χ4v) is 3.80. The van der Waals surface area contributed by atoms with Crippen LogP contribution >= 0.6 is 11.3 Å². The molecule has 6 nitrogen and oxygen atoms in total. The van der Waals surface area contributed by atoms with Gasteiger partial charge in [0, 0.05) is 25.4 Å². The highest BCUT2D eigenvalue weighted by atomic mass is 32.1. The van der Waals surface area contributed by atoms with E-state index in [4.69, 9.17) is 4.74 Å². The number of likely N-dealkylation sites (N-methyl/N-ethyl adjacent to an activating group) is 1. The number of hydrogen-bond donors (Lipinski definition) is 0. The molecule has 2 amide bonds. The van der Waals surface area contributed by atoms with Crippen LogP contribution in [0.4, 0.5) is 4.79 Å². The summed E-state index contributed by atoms with van der Waals surface area (Å²) in [5, 5.41) is 2.83. The van der Waals surface area contributed by atoms with Gasteiger partial charge in [-0.15, -0.1) is 11.3 Å². The number of rotatable bonds is 3. The van der Waals surface area contributed by atoms with Crippen LogP contribution in [-0.2, 0) is 11.2 Å². The molecule has 3 rings (SSSR count). The number of ether oxygens (including phenoxy) is 1.